The zero-order valence-electron chi connectivity index (χ0n) is 15.8. The molecule has 0 bridgehead atoms. The van der Waals surface area contributed by atoms with Crippen molar-refractivity contribution in [1.29, 1.82) is 0 Å². The summed E-state index contributed by atoms with van der Waals surface area (Å²) in [5.41, 5.74) is -2.10. The smallest absolute Gasteiger partial charge is 0.416 e. The molecule has 10 heteroatoms. The van der Waals surface area contributed by atoms with Crippen LogP contribution in [0.15, 0.2) is 35.3 Å². The highest BCUT2D eigenvalue weighted by Gasteiger charge is 2.42. The zero-order chi connectivity index (χ0) is 21.4. The van der Waals surface area contributed by atoms with E-state index < -0.39 is 22.7 Å². The van der Waals surface area contributed by atoms with Gasteiger partial charge in [-0.1, -0.05) is 17.7 Å². The molecule has 1 aromatic carbocycles. The molecule has 1 aromatic heterocycles. The molecule has 0 aliphatic carbocycles. The maximum Gasteiger partial charge on any atom is 0.416 e. The predicted octanol–water partition coefficient (Wildman–Crippen LogP) is 3.68. The van der Waals surface area contributed by atoms with Crippen LogP contribution < -0.4 is 10.5 Å². The fourth-order valence-electron chi connectivity index (χ4n) is 3.28. The van der Waals surface area contributed by atoms with Crippen molar-refractivity contribution < 1.29 is 22.7 Å². The van der Waals surface area contributed by atoms with Crippen molar-refractivity contribution in [3.63, 3.8) is 0 Å². The lowest BCUT2D eigenvalue weighted by Crippen LogP contribution is -2.34. The average molecular weight is 430 g/mol. The van der Waals surface area contributed by atoms with Gasteiger partial charge in [0.25, 0.3) is 5.56 Å². The lowest BCUT2D eigenvalue weighted by molar-refractivity contribution is -0.153. The number of ether oxygens (including phenoxy) is 1. The number of hydrogen-bond donors (Lipinski definition) is 0. The van der Waals surface area contributed by atoms with Crippen LogP contribution in [0.3, 0.4) is 0 Å². The molecule has 156 valence electrons. The van der Waals surface area contributed by atoms with E-state index in [1.165, 1.54) is 18.3 Å². The van der Waals surface area contributed by atoms with Crippen LogP contribution in [0.25, 0.3) is 5.69 Å². The Morgan fingerprint density at radius 1 is 1.38 bits per heavy atom. The summed E-state index contributed by atoms with van der Waals surface area (Å²) < 4.78 is 44.8. The summed E-state index contributed by atoms with van der Waals surface area (Å²) in [6.07, 6.45) is -2.71. The fourth-order valence-corrected chi connectivity index (χ4v) is 3.53. The number of nitrogens with zero attached hydrogens (tertiary/aromatic N) is 3. The van der Waals surface area contributed by atoms with E-state index in [0.717, 1.165) is 16.8 Å². The maximum absolute atomic E-state index is 12.9. The van der Waals surface area contributed by atoms with Gasteiger partial charge in [-0.3, -0.25) is 9.59 Å². The summed E-state index contributed by atoms with van der Waals surface area (Å²) in [7, 11) is 0. The third kappa shape index (κ3) is 4.10. The molecule has 0 amide bonds. The summed E-state index contributed by atoms with van der Waals surface area (Å²) in [5, 5.41) is 3.83. The Labute approximate surface area is 169 Å². The summed E-state index contributed by atoms with van der Waals surface area (Å²) >= 11 is 6.24. The first-order valence-electron chi connectivity index (χ1n) is 8.94. The number of benzene rings is 1. The highest BCUT2D eigenvalue weighted by atomic mass is 35.5. The molecule has 1 atom stereocenters. The Kier molecular flexibility index (Phi) is 5.62. The molecule has 6 nitrogen and oxygen atoms in total. The number of carbonyl (C=O) groups excluding carboxylic acids is 1. The molecule has 3 rings (SSSR count). The standard InChI is InChI=1S/C19H19ClF3N3O3/c1-3-29-17(28)18(2)7-8-25(11-18)14-10-24-26(16(27)15(14)20)13-6-4-5-12(9-13)19(21,22)23/h4-6,9-10H,3,7-8,11H2,1-2H3. The second-order valence-corrected chi connectivity index (χ2v) is 7.44. The third-order valence-corrected chi connectivity index (χ3v) is 5.26. The van der Waals surface area contributed by atoms with Crippen molar-refractivity contribution in [2.24, 2.45) is 5.41 Å². The Morgan fingerprint density at radius 3 is 2.76 bits per heavy atom. The van der Waals surface area contributed by atoms with Gasteiger partial charge in [-0.2, -0.15) is 23.0 Å². The van der Waals surface area contributed by atoms with Crippen LogP contribution in [0.4, 0.5) is 18.9 Å². The molecule has 0 saturated carbocycles. The Morgan fingerprint density at radius 2 is 2.10 bits per heavy atom. The minimum atomic E-state index is -4.55. The van der Waals surface area contributed by atoms with E-state index in [2.05, 4.69) is 5.10 Å². The van der Waals surface area contributed by atoms with E-state index >= 15 is 0 Å². The molecule has 2 aromatic rings. The largest absolute Gasteiger partial charge is 0.466 e. The first-order valence-corrected chi connectivity index (χ1v) is 9.32. The molecule has 0 spiro atoms. The first-order chi connectivity index (χ1) is 13.6. The summed E-state index contributed by atoms with van der Waals surface area (Å²) in [6.45, 7) is 4.52. The van der Waals surface area contributed by atoms with Gasteiger partial charge >= 0.3 is 12.1 Å². The second kappa shape index (κ2) is 7.70. The van der Waals surface area contributed by atoms with Gasteiger partial charge in [0.1, 0.15) is 5.02 Å². The van der Waals surface area contributed by atoms with Gasteiger partial charge in [-0.25, -0.2) is 0 Å². The first kappa shape index (κ1) is 21.2. The van der Waals surface area contributed by atoms with E-state index in [1.54, 1.807) is 18.7 Å². The van der Waals surface area contributed by atoms with E-state index in [0.29, 0.717) is 25.2 Å². The van der Waals surface area contributed by atoms with Crippen molar-refractivity contribution in [3.8, 4) is 5.69 Å². The average Bonchev–Trinajstić information content (AvgIpc) is 3.07. The Hall–Kier alpha value is -2.55. The van der Waals surface area contributed by atoms with Crippen LogP contribution in [-0.2, 0) is 15.7 Å². The summed E-state index contributed by atoms with van der Waals surface area (Å²) in [4.78, 5) is 26.6. The van der Waals surface area contributed by atoms with Crippen molar-refractivity contribution in [2.75, 3.05) is 24.6 Å². The molecule has 1 unspecified atom stereocenters. The van der Waals surface area contributed by atoms with E-state index in [9.17, 15) is 22.8 Å². The fraction of sp³-hybridized carbons (Fsp3) is 0.421. The number of alkyl halides is 3. The van der Waals surface area contributed by atoms with Gasteiger partial charge in [-0.15, -0.1) is 0 Å². The number of esters is 1. The molecule has 2 heterocycles. The van der Waals surface area contributed by atoms with Crippen LogP contribution in [0.5, 0.6) is 0 Å². The SMILES string of the molecule is CCOC(=O)C1(C)CCN(c2cnn(-c3cccc(C(F)(F)F)c3)c(=O)c2Cl)C1. The quantitative estimate of drug-likeness (QED) is 0.694. The van der Waals surface area contributed by atoms with Gasteiger partial charge in [0.05, 0.1) is 35.2 Å². The highest BCUT2D eigenvalue weighted by Crippen LogP contribution is 2.36. The van der Waals surface area contributed by atoms with E-state index in [4.69, 9.17) is 16.3 Å². The lowest BCUT2D eigenvalue weighted by atomic mass is 9.90. The highest BCUT2D eigenvalue weighted by molar-refractivity contribution is 6.33. The van der Waals surface area contributed by atoms with Gasteiger partial charge in [0.2, 0.25) is 0 Å². The molecule has 1 fully saturated rings. The zero-order valence-corrected chi connectivity index (χ0v) is 16.5. The van der Waals surface area contributed by atoms with Crippen LogP contribution >= 0.6 is 11.6 Å². The maximum atomic E-state index is 12.9. The number of hydrogen-bond acceptors (Lipinski definition) is 5. The molecule has 1 aliphatic rings. The van der Waals surface area contributed by atoms with Gasteiger partial charge < -0.3 is 9.64 Å². The molecule has 1 aliphatic heterocycles. The van der Waals surface area contributed by atoms with Crippen molar-refractivity contribution >= 4 is 23.3 Å². The molecule has 0 radical (unpaired) electrons. The van der Waals surface area contributed by atoms with Crippen molar-refractivity contribution in [1.82, 2.24) is 9.78 Å². The molecular weight excluding hydrogens is 411 g/mol. The van der Waals surface area contributed by atoms with E-state index in [-0.39, 0.29) is 23.3 Å². The number of anilines is 1. The molecule has 1 saturated heterocycles. The number of halogens is 4. The normalized spacial score (nSPS) is 19.4. The molecular formula is C19H19ClF3N3O3. The third-order valence-electron chi connectivity index (χ3n) is 4.90. The molecule has 29 heavy (non-hydrogen) atoms. The van der Waals surface area contributed by atoms with Crippen LogP contribution in [-0.4, -0.2) is 35.4 Å². The topological polar surface area (TPSA) is 64.4 Å². The second-order valence-electron chi connectivity index (χ2n) is 7.06. The van der Waals surface area contributed by atoms with Crippen molar-refractivity contribution in [3.05, 3.63) is 51.4 Å². The Bertz CT molecular complexity index is 993. The van der Waals surface area contributed by atoms with Gasteiger partial charge in [-0.05, 0) is 38.5 Å². The van der Waals surface area contributed by atoms with Crippen LogP contribution in [0.2, 0.25) is 5.02 Å². The number of rotatable bonds is 4. The Balaban J connectivity index is 1.92. The van der Waals surface area contributed by atoms with Crippen LogP contribution in [0, 0.1) is 5.41 Å². The van der Waals surface area contributed by atoms with E-state index in [1.807, 2.05) is 0 Å². The lowest BCUT2D eigenvalue weighted by Gasteiger charge is -2.24. The minimum Gasteiger partial charge on any atom is -0.466 e. The molecule has 0 N–H and O–H groups in total. The van der Waals surface area contributed by atoms with Crippen molar-refractivity contribution in [2.45, 2.75) is 26.4 Å². The predicted molar refractivity (Wildman–Crippen MR) is 101 cm³/mol. The number of aromatic nitrogens is 2. The van der Waals surface area contributed by atoms with Gasteiger partial charge in [0, 0.05) is 13.1 Å². The van der Waals surface area contributed by atoms with Gasteiger partial charge in [0.15, 0.2) is 0 Å². The minimum absolute atomic E-state index is 0.0453. The van der Waals surface area contributed by atoms with Crippen LogP contribution in [0.1, 0.15) is 25.8 Å². The monoisotopic (exact) mass is 429 g/mol. The number of carbonyl (C=O) groups is 1. The summed E-state index contributed by atoms with van der Waals surface area (Å²) in [5.74, 6) is -0.330. The summed E-state index contributed by atoms with van der Waals surface area (Å²) in [6, 6.07) is 4.27.